The Morgan fingerprint density at radius 1 is 1.30 bits per heavy atom. The molecule has 1 amide bonds. The van der Waals surface area contributed by atoms with E-state index < -0.39 is 17.7 Å². The van der Waals surface area contributed by atoms with E-state index in [0.29, 0.717) is 24.6 Å². The number of rotatable bonds is 1. The lowest BCUT2D eigenvalue weighted by Crippen LogP contribution is -2.41. The van der Waals surface area contributed by atoms with Crippen LogP contribution in [-0.4, -0.2) is 43.8 Å². The van der Waals surface area contributed by atoms with Crippen molar-refractivity contribution < 1.29 is 19.4 Å². The van der Waals surface area contributed by atoms with Gasteiger partial charge in [-0.25, -0.2) is 14.6 Å². The van der Waals surface area contributed by atoms with E-state index in [1.54, 1.807) is 27.7 Å². The smallest absolute Gasteiger partial charge is 0.410 e. The Bertz CT molecular complexity index is 557. The average Bonchev–Trinajstić information content (AvgIpc) is 2.64. The van der Waals surface area contributed by atoms with Crippen molar-refractivity contribution in [3.8, 4) is 0 Å². The third-order valence-corrected chi connectivity index (χ3v) is 3.05. The lowest BCUT2D eigenvalue weighted by atomic mass is 10.2. The first kappa shape index (κ1) is 14.4. The number of amides is 1. The minimum Gasteiger partial charge on any atom is -0.476 e. The Balaban J connectivity index is 2.22. The summed E-state index contributed by atoms with van der Waals surface area (Å²) in [6.07, 6.45) is -0.432. The Morgan fingerprint density at radius 3 is 2.50 bits per heavy atom. The van der Waals surface area contributed by atoms with Gasteiger partial charge in [-0.05, 0) is 27.7 Å². The van der Waals surface area contributed by atoms with E-state index in [2.05, 4.69) is 4.98 Å². The number of carboxylic acid groups (broad SMARTS) is 1. The van der Waals surface area contributed by atoms with Crippen molar-refractivity contribution in [1.29, 1.82) is 0 Å². The molecule has 0 saturated heterocycles. The zero-order valence-corrected chi connectivity index (χ0v) is 12.1. The highest BCUT2D eigenvalue weighted by Crippen LogP contribution is 2.21. The highest BCUT2D eigenvalue weighted by atomic mass is 16.6. The van der Waals surface area contributed by atoms with Crippen LogP contribution in [0.1, 0.15) is 42.8 Å². The summed E-state index contributed by atoms with van der Waals surface area (Å²) in [5.41, 5.74) is -0.0109. The van der Waals surface area contributed by atoms with E-state index in [0.717, 1.165) is 0 Å². The largest absolute Gasteiger partial charge is 0.476 e. The molecule has 1 aromatic rings. The normalized spacial score (nSPS) is 14.9. The minimum absolute atomic E-state index is 0.00996. The highest BCUT2D eigenvalue weighted by molar-refractivity contribution is 5.87. The Hall–Kier alpha value is -2.05. The molecule has 1 aliphatic rings. The maximum Gasteiger partial charge on any atom is 0.410 e. The summed E-state index contributed by atoms with van der Waals surface area (Å²) in [6, 6.07) is 0. The van der Waals surface area contributed by atoms with Gasteiger partial charge in [0.25, 0.3) is 0 Å². The number of aromatic nitrogens is 2. The number of hydrogen-bond acceptors (Lipinski definition) is 4. The molecular formula is C13H19N3O4. The standard InChI is InChI=1S/C13H19N3O4/c1-8-14-10(11(17)18)9-7-15(5-6-16(8)9)12(19)20-13(2,3)4/h5-7H2,1-4H3,(H,17,18). The zero-order chi connectivity index (χ0) is 15.1. The topological polar surface area (TPSA) is 84.7 Å². The fourth-order valence-corrected chi connectivity index (χ4v) is 2.20. The van der Waals surface area contributed by atoms with E-state index in [-0.39, 0.29) is 12.2 Å². The lowest BCUT2D eigenvalue weighted by Gasteiger charge is -2.31. The van der Waals surface area contributed by atoms with Gasteiger partial charge in [-0.15, -0.1) is 0 Å². The second kappa shape index (κ2) is 4.81. The molecule has 1 N–H and O–H groups in total. The molecule has 0 fully saturated rings. The SMILES string of the molecule is Cc1nc(C(=O)O)c2n1CCN(C(=O)OC(C)(C)C)C2. The molecule has 0 spiro atoms. The summed E-state index contributed by atoms with van der Waals surface area (Å²) in [7, 11) is 0. The van der Waals surface area contributed by atoms with Gasteiger partial charge in [-0.1, -0.05) is 0 Å². The molecule has 2 rings (SSSR count). The Labute approximate surface area is 117 Å². The van der Waals surface area contributed by atoms with Gasteiger partial charge in [-0.3, -0.25) is 0 Å². The molecule has 0 saturated carbocycles. The van der Waals surface area contributed by atoms with Crippen LogP contribution in [-0.2, 0) is 17.8 Å². The third kappa shape index (κ3) is 2.76. The molecule has 0 atom stereocenters. The highest BCUT2D eigenvalue weighted by Gasteiger charge is 2.30. The molecule has 1 aromatic heterocycles. The van der Waals surface area contributed by atoms with E-state index in [9.17, 15) is 9.59 Å². The number of aromatic carboxylic acids is 1. The molecule has 7 heteroatoms. The van der Waals surface area contributed by atoms with Crippen molar-refractivity contribution in [1.82, 2.24) is 14.5 Å². The number of carbonyl (C=O) groups is 2. The first-order chi connectivity index (χ1) is 9.19. The third-order valence-electron chi connectivity index (χ3n) is 3.05. The van der Waals surface area contributed by atoms with E-state index in [1.807, 2.05) is 4.57 Å². The van der Waals surface area contributed by atoms with Crippen molar-refractivity contribution >= 4 is 12.1 Å². The number of aryl methyl sites for hydroxylation is 1. The zero-order valence-electron chi connectivity index (χ0n) is 12.1. The van der Waals surface area contributed by atoms with Gasteiger partial charge in [-0.2, -0.15) is 0 Å². The number of fused-ring (bicyclic) bond motifs is 1. The predicted molar refractivity (Wildman–Crippen MR) is 70.6 cm³/mol. The van der Waals surface area contributed by atoms with Crippen LogP contribution in [0.2, 0.25) is 0 Å². The molecule has 2 heterocycles. The maximum atomic E-state index is 12.0. The fourth-order valence-electron chi connectivity index (χ4n) is 2.20. The molecule has 0 aromatic carbocycles. The maximum absolute atomic E-state index is 12.0. The number of carboxylic acids is 1. The summed E-state index contributed by atoms with van der Waals surface area (Å²) >= 11 is 0. The Kier molecular flexibility index (Phi) is 3.45. The monoisotopic (exact) mass is 281 g/mol. The van der Waals surface area contributed by atoms with Crippen LogP contribution in [0.25, 0.3) is 0 Å². The number of imidazole rings is 1. The average molecular weight is 281 g/mol. The van der Waals surface area contributed by atoms with Crippen molar-refractivity contribution in [2.75, 3.05) is 6.54 Å². The van der Waals surface area contributed by atoms with Crippen molar-refractivity contribution in [3.05, 3.63) is 17.2 Å². The van der Waals surface area contributed by atoms with Gasteiger partial charge in [0.15, 0.2) is 5.69 Å². The van der Waals surface area contributed by atoms with Gasteiger partial charge in [0.05, 0.1) is 12.2 Å². The van der Waals surface area contributed by atoms with E-state index in [4.69, 9.17) is 9.84 Å². The molecule has 1 aliphatic heterocycles. The van der Waals surface area contributed by atoms with Gasteiger partial charge >= 0.3 is 12.1 Å². The number of carbonyl (C=O) groups excluding carboxylic acids is 1. The van der Waals surface area contributed by atoms with Crippen LogP contribution < -0.4 is 0 Å². The summed E-state index contributed by atoms with van der Waals surface area (Å²) in [5.74, 6) is -0.422. The molecule has 0 radical (unpaired) electrons. The lowest BCUT2D eigenvalue weighted by molar-refractivity contribution is 0.0195. The molecule has 0 bridgehead atoms. The quantitative estimate of drug-likeness (QED) is 0.846. The predicted octanol–water partition coefficient (Wildman–Crippen LogP) is 1.64. The molecule has 0 aliphatic carbocycles. The molecule has 7 nitrogen and oxygen atoms in total. The second-order valence-electron chi connectivity index (χ2n) is 5.81. The molecule has 20 heavy (non-hydrogen) atoms. The summed E-state index contributed by atoms with van der Waals surface area (Å²) in [4.78, 5) is 28.8. The van der Waals surface area contributed by atoms with Gasteiger partial charge in [0.2, 0.25) is 0 Å². The van der Waals surface area contributed by atoms with E-state index in [1.165, 1.54) is 4.90 Å². The van der Waals surface area contributed by atoms with Gasteiger partial charge in [0.1, 0.15) is 11.4 Å². The fraction of sp³-hybridized carbons (Fsp3) is 0.615. The molecular weight excluding hydrogens is 262 g/mol. The first-order valence-corrected chi connectivity index (χ1v) is 6.46. The van der Waals surface area contributed by atoms with Crippen LogP contribution in [0.4, 0.5) is 4.79 Å². The first-order valence-electron chi connectivity index (χ1n) is 6.46. The van der Waals surface area contributed by atoms with Crippen LogP contribution in [0.5, 0.6) is 0 Å². The summed E-state index contributed by atoms with van der Waals surface area (Å²) in [6.45, 7) is 8.37. The van der Waals surface area contributed by atoms with Crippen LogP contribution in [0.15, 0.2) is 0 Å². The summed E-state index contributed by atoms with van der Waals surface area (Å²) in [5, 5.41) is 9.15. The molecule has 110 valence electrons. The number of ether oxygens (including phenoxy) is 1. The Morgan fingerprint density at radius 2 is 1.95 bits per heavy atom. The number of nitrogens with zero attached hydrogens (tertiary/aromatic N) is 3. The van der Waals surface area contributed by atoms with Crippen LogP contribution >= 0.6 is 0 Å². The molecule has 0 unspecified atom stereocenters. The second-order valence-corrected chi connectivity index (χ2v) is 5.81. The summed E-state index contributed by atoms with van der Waals surface area (Å²) < 4.78 is 7.15. The number of hydrogen-bond donors (Lipinski definition) is 1. The van der Waals surface area contributed by atoms with Crippen LogP contribution in [0, 0.1) is 6.92 Å². The van der Waals surface area contributed by atoms with E-state index >= 15 is 0 Å². The van der Waals surface area contributed by atoms with Crippen molar-refractivity contribution in [2.24, 2.45) is 0 Å². The van der Waals surface area contributed by atoms with Gasteiger partial charge < -0.3 is 19.3 Å². The van der Waals surface area contributed by atoms with Gasteiger partial charge in [0, 0.05) is 13.1 Å². The van der Waals surface area contributed by atoms with Crippen molar-refractivity contribution in [2.45, 2.75) is 46.4 Å². The van der Waals surface area contributed by atoms with Crippen LogP contribution in [0.3, 0.4) is 0 Å². The minimum atomic E-state index is -1.08. The van der Waals surface area contributed by atoms with Crippen molar-refractivity contribution in [3.63, 3.8) is 0 Å².